The van der Waals surface area contributed by atoms with Crippen LogP contribution in [0.1, 0.15) is 6.92 Å². The molecule has 3 aromatic rings. The van der Waals surface area contributed by atoms with E-state index in [0.29, 0.717) is 6.61 Å². The fourth-order valence-electron chi connectivity index (χ4n) is 2.54. The molecule has 0 unspecified atom stereocenters. The Bertz CT molecular complexity index is 778. The number of hydrogen-bond acceptors (Lipinski definition) is 3. The highest BCUT2D eigenvalue weighted by atomic mass is 32.2. The summed E-state index contributed by atoms with van der Waals surface area (Å²) in [5.74, 6) is 0.476. The molecule has 0 bridgehead atoms. The lowest BCUT2D eigenvalue weighted by Crippen LogP contribution is -2.09. The molecule has 3 nitrogen and oxygen atoms in total. The van der Waals surface area contributed by atoms with Crippen LogP contribution in [0.5, 0.6) is 5.75 Å². The quantitative estimate of drug-likeness (QED) is 0.345. The number of rotatable bonds is 7. The van der Waals surface area contributed by atoms with Crippen LogP contribution in [0.25, 0.3) is 0 Å². The van der Waals surface area contributed by atoms with E-state index in [1.807, 2.05) is 24.3 Å². The lowest BCUT2D eigenvalue weighted by Gasteiger charge is -2.09. The van der Waals surface area contributed by atoms with E-state index in [2.05, 4.69) is 60.7 Å². The van der Waals surface area contributed by atoms with Crippen LogP contribution in [0.3, 0.4) is 0 Å². The molecule has 26 heavy (non-hydrogen) atoms. The van der Waals surface area contributed by atoms with E-state index in [-0.39, 0.29) is 23.5 Å². The normalized spacial score (nSPS) is 10.5. The van der Waals surface area contributed by atoms with Crippen molar-refractivity contribution in [3.8, 4) is 5.75 Å². The van der Waals surface area contributed by atoms with Crippen molar-refractivity contribution >= 4 is 16.9 Å². The molecule has 0 aliphatic rings. The maximum atomic E-state index is 10.8. The van der Waals surface area contributed by atoms with Crippen molar-refractivity contribution < 1.29 is 14.3 Å². The third-order valence-corrected chi connectivity index (χ3v) is 5.91. The first-order valence-electron chi connectivity index (χ1n) is 8.44. The minimum absolute atomic E-state index is 0.161. The molecule has 3 aromatic carbocycles. The predicted molar refractivity (Wildman–Crippen MR) is 104 cm³/mol. The molecule has 0 saturated carbocycles. The molecule has 0 aliphatic carbocycles. The zero-order valence-electron chi connectivity index (χ0n) is 14.6. The van der Waals surface area contributed by atoms with Gasteiger partial charge in [0.1, 0.15) is 19.0 Å². The predicted octanol–water partition coefficient (Wildman–Crippen LogP) is 4.72. The zero-order valence-corrected chi connectivity index (χ0v) is 15.4. The minimum atomic E-state index is -0.293. The van der Waals surface area contributed by atoms with Crippen LogP contribution in [0, 0.1) is 0 Å². The van der Waals surface area contributed by atoms with Gasteiger partial charge in [-0.05, 0) is 48.5 Å². The van der Waals surface area contributed by atoms with Crippen LogP contribution in [-0.2, 0) is 20.4 Å². The van der Waals surface area contributed by atoms with Crippen molar-refractivity contribution in [2.75, 3.05) is 13.2 Å². The summed E-state index contributed by atoms with van der Waals surface area (Å²) < 4.78 is 10.5. The van der Waals surface area contributed by atoms with E-state index in [0.717, 1.165) is 5.75 Å². The van der Waals surface area contributed by atoms with Gasteiger partial charge in [0, 0.05) is 6.92 Å². The maximum Gasteiger partial charge on any atom is 0.302 e. The summed E-state index contributed by atoms with van der Waals surface area (Å²) in [6.45, 7) is 2.00. The maximum absolute atomic E-state index is 10.8. The second-order valence-electron chi connectivity index (χ2n) is 5.59. The highest BCUT2D eigenvalue weighted by Crippen LogP contribution is 2.31. The molecule has 0 radical (unpaired) electrons. The zero-order chi connectivity index (χ0) is 18.2. The Balaban J connectivity index is 1.78. The van der Waals surface area contributed by atoms with Gasteiger partial charge >= 0.3 is 5.97 Å². The highest BCUT2D eigenvalue weighted by molar-refractivity contribution is 7.97. The van der Waals surface area contributed by atoms with Gasteiger partial charge in [-0.1, -0.05) is 36.4 Å². The number of ether oxygens (including phenoxy) is 2. The van der Waals surface area contributed by atoms with Crippen LogP contribution in [-0.4, -0.2) is 19.2 Å². The lowest BCUT2D eigenvalue weighted by atomic mass is 10.3. The van der Waals surface area contributed by atoms with Gasteiger partial charge in [-0.15, -0.1) is 0 Å². The SMILES string of the molecule is CC(=O)OCCOc1ccc([S+](c2ccccc2)c2ccccc2)cc1. The van der Waals surface area contributed by atoms with Crippen LogP contribution < -0.4 is 4.74 Å². The number of carbonyl (C=O) groups excluding carboxylic acids is 1. The summed E-state index contributed by atoms with van der Waals surface area (Å²) in [7, 11) is -0.161. The molecule has 0 spiro atoms. The largest absolute Gasteiger partial charge is 0.490 e. The molecule has 0 fully saturated rings. The van der Waals surface area contributed by atoms with Crippen LogP contribution >= 0.6 is 0 Å². The van der Waals surface area contributed by atoms with E-state index in [1.54, 1.807) is 0 Å². The molecule has 0 heterocycles. The molecule has 0 aliphatic heterocycles. The summed E-state index contributed by atoms with van der Waals surface area (Å²) in [6.07, 6.45) is 0. The summed E-state index contributed by atoms with van der Waals surface area (Å²) >= 11 is 0. The topological polar surface area (TPSA) is 35.5 Å². The molecular weight excluding hydrogens is 344 g/mol. The van der Waals surface area contributed by atoms with E-state index in [9.17, 15) is 4.79 Å². The second-order valence-corrected chi connectivity index (χ2v) is 7.62. The van der Waals surface area contributed by atoms with Crippen molar-refractivity contribution in [3.05, 3.63) is 84.9 Å². The average molecular weight is 365 g/mol. The van der Waals surface area contributed by atoms with Gasteiger partial charge in [0.25, 0.3) is 0 Å². The number of hydrogen-bond donors (Lipinski definition) is 0. The lowest BCUT2D eigenvalue weighted by molar-refractivity contribution is -0.141. The number of esters is 1. The van der Waals surface area contributed by atoms with Gasteiger partial charge in [0.05, 0.1) is 10.9 Å². The van der Waals surface area contributed by atoms with E-state index in [1.165, 1.54) is 21.6 Å². The Kier molecular flexibility index (Phi) is 6.34. The van der Waals surface area contributed by atoms with Gasteiger partial charge in [0.2, 0.25) is 0 Å². The monoisotopic (exact) mass is 365 g/mol. The van der Waals surface area contributed by atoms with Gasteiger partial charge in [-0.3, -0.25) is 4.79 Å². The smallest absolute Gasteiger partial charge is 0.302 e. The molecule has 0 atom stereocenters. The van der Waals surface area contributed by atoms with Gasteiger partial charge < -0.3 is 9.47 Å². The van der Waals surface area contributed by atoms with Crippen molar-refractivity contribution in [1.29, 1.82) is 0 Å². The average Bonchev–Trinajstić information content (AvgIpc) is 2.68. The van der Waals surface area contributed by atoms with E-state index < -0.39 is 0 Å². The number of benzene rings is 3. The fourth-order valence-corrected chi connectivity index (χ4v) is 4.62. The van der Waals surface area contributed by atoms with Gasteiger partial charge in [0.15, 0.2) is 14.7 Å². The van der Waals surface area contributed by atoms with E-state index >= 15 is 0 Å². The van der Waals surface area contributed by atoms with Crippen molar-refractivity contribution in [2.45, 2.75) is 21.6 Å². The molecular formula is C22H21O3S+. The first-order chi connectivity index (χ1) is 12.7. The van der Waals surface area contributed by atoms with Crippen LogP contribution in [0.2, 0.25) is 0 Å². The highest BCUT2D eigenvalue weighted by Gasteiger charge is 2.28. The van der Waals surface area contributed by atoms with Crippen molar-refractivity contribution in [1.82, 2.24) is 0 Å². The molecule has 0 aromatic heterocycles. The summed E-state index contributed by atoms with van der Waals surface area (Å²) in [5, 5.41) is 0. The molecule has 0 N–H and O–H groups in total. The molecule has 132 valence electrons. The molecule has 4 heteroatoms. The Morgan fingerprint density at radius 2 is 1.23 bits per heavy atom. The summed E-state index contributed by atoms with van der Waals surface area (Å²) in [6, 6.07) is 29.2. The standard InChI is InChI=1S/C22H21O3S/c1-18(23)24-16-17-25-19-12-14-22(15-13-19)26(20-8-4-2-5-9-20)21-10-6-3-7-11-21/h2-15H,16-17H2,1H3/q+1. The second kappa shape index (κ2) is 9.11. The first kappa shape index (κ1) is 18.1. The molecule has 0 saturated heterocycles. The van der Waals surface area contributed by atoms with Crippen molar-refractivity contribution in [2.24, 2.45) is 0 Å². The Hall–Kier alpha value is -2.72. The summed E-state index contributed by atoms with van der Waals surface area (Å²) in [4.78, 5) is 14.6. The Morgan fingerprint density at radius 3 is 1.73 bits per heavy atom. The molecule has 0 amide bonds. The fraction of sp³-hybridized carbons (Fsp3) is 0.136. The van der Waals surface area contributed by atoms with Gasteiger partial charge in [-0.2, -0.15) is 0 Å². The van der Waals surface area contributed by atoms with E-state index in [4.69, 9.17) is 9.47 Å². The van der Waals surface area contributed by atoms with Crippen LogP contribution in [0.4, 0.5) is 0 Å². The first-order valence-corrected chi connectivity index (χ1v) is 9.67. The third-order valence-electron chi connectivity index (χ3n) is 3.67. The Morgan fingerprint density at radius 1 is 0.731 bits per heavy atom. The van der Waals surface area contributed by atoms with Crippen molar-refractivity contribution in [3.63, 3.8) is 0 Å². The number of carbonyl (C=O) groups is 1. The minimum Gasteiger partial charge on any atom is -0.490 e. The van der Waals surface area contributed by atoms with Gasteiger partial charge in [-0.25, -0.2) is 0 Å². The third kappa shape index (κ3) is 4.90. The summed E-state index contributed by atoms with van der Waals surface area (Å²) in [5.41, 5.74) is 0. The molecule has 3 rings (SSSR count). The van der Waals surface area contributed by atoms with Crippen LogP contribution in [0.15, 0.2) is 99.6 Å². The Labute approximate surface area is 156 Å².